The monoisotopic (exact) mass is 296 g/mol. The Morgan fingerprint density at radius 3 is 2.86 bits per heavy atom. The fraction of sp³-hybridized carbons (Fsp3) is 0.800. The van der Waals surface area contributed by atoms with Crippen molar-refractivity contribution in [3.8, 4) is 0 Å². The Kier molecular flexibility index (Phi) is 6.17. The summed E-state index contributed by atoms with van der Waals surface area (Å²) in [6, 6.07) is 0. The molecule has 0 spiro atoms. The molecule has 2 N–H and O–H groups in total. The van der Waals surface area contributed by atoms with E-state index in [4.69, 9.17) is 4.74 Å². The van der Waals surface area contributed by atoms with Crippen molar-refractivity contribution in [1.29, 1.82) is 0 Å². The first kappa shape index (κ1) is 16.4. The number of aromatic amines is 1. The summed E-state index contributed by atoms with van der Waals surface area (Å²) in [4.78, 5) is 12.3. The van der Waals surface area contributed by atoms with Crippen LogP contribution >= 0.6 is 0 Å². The normalized spacial score (nSPS) is 23.3. The molecule has 0 saturated carbocycles. The van der Waals surface area contributed by atoms with Gasteiger partial charge in [-0.05, 0) is 25.8 Å². The minimum absolute atomic E-state index is 0.260. The number of aliphatic hydroxyl groups excluding tert-OH is 1. The molecule has 1 fully saturated rings. The third-order valence-corrected chi connectivity index (χ3v) is 4.24. The Morgan fingerprint density at radius 2 is 2.24 bits per heavy atom. The molecule has 0 aliphatic carbocycles. The first-order valence-corrected chi connectivity index (χ1v) is 7.63. The number of nitrogens with zero attached hydrogens (tertiary/aromatic N) is 3. The first-order valence-electron chi connectivity index (χ1n) is 7.63. The molecule has 1 aromatic heterocycles. The molecule has 2 rings (SSSR count). The minimum Gasteiger partial charge on any atom is -0.396 e. The van der Waals surface area contributed by atoms with E-state index in [9.17, 15) is 5.11 Å². The van der Waals surface area contributed by atoms with E-state index in [1.165, 1.54) is 0 Å². The number of methoxy groups -OCH3 is 1. The maximum absolute atomic E-state index is 9.62. The van der Waals surface area contributed by atoms with Crippen molar-refractivity contribution in [3.05, 3.63) is 17.7 Å². The van der Waals surface area contributed by atoms with Crippen LogP contribution in [-0.4, -0.2) is 78.4 Å². The van der Waals surface area contributed by atoms with Crippen LogP contribution in [0.3, 0.4) is 0 Å². The Bertz CT molecular complexity index is 424. The molecular weight excluding hydrogens is 268 g/mol. The number of likely N-dealkylation sites (N-methyl/N-ethyl adjacent to an activating group) is 1. The predicted molar refractivity (Wildman–Crippen MR) is 82.0 cm³/mol. The lowest BCUT2D eigenvalue weighted by Gasteiger charge is -2.23. The van der Waals surface area contributed by atoms with Gasteiger partial charge >= 0.3 is 0 Å². The molecule has 2 atom stereocenters. The summed E-state index contributed by atoms with van der Waals surface area (Å²) in [5, 5.41) is 9.62. The van der Waals surface area contributed by atoms with E-state index in [1.54, 1.807) is 7.11 Å². The molecule has 21 heavy (non-hydrogen) atoms. The predicted octanol–water partition coefficient (Wildman–Crippen LogP) is 0.337. The van der Waals surface area contributed by atoms with Crippen LogP contribution in [0.15, 0.2) is 6.20 Å². The summed E-state index contributed by atoms with van der Waals surface area (Å²) >= 11 is 0. The van der Waals surface area contributed by atoms with Gasteiger partial charge in [0.25, 0.3) is 0 Å². The number of rotatable bonds is 8. The van der Waals surface area contributed by atoms with Crippen LogP contribution in [0.4, 0.5) is 0 Å². The van der Waals surface area contributed by atoms with Crippen LogP contribution in [0.2, 0.25) is 0 Å². The maximum Gasteiger partial charge on any atom is 0.120 e. The van der Waals surface area contributed by atoms with Crippen molar-refractivity contribution in [2.24, 2.45) is 11.8 Å². The second-order valence-corrected chi connectivity index (χ2v) is 6.16. The van der Waals surface area contributed by atoms with E-state index in [0.717, 1.165) is 50.8 Å². The van der Waals surface area contributed by atoms with Crippen LogP contribution in [0.1, 0.15) is 11.5 Å². The topological polar surface area (TPSA) is 64.6 Å². The largest absolute Gasteiger partial charge is 0.396 e. The number of aromatic nitrogens is 2. The Labute approximate surface area is 127 Å². The van der Waals surface area contributed by atoms with Gasteiger partial charge in [-0.1, -0.05) is 0 Å². The summed E-state index contributed by atoms with van der Waals surface area (Å²) < 4.78 is 5.12. The summed E-state index contributed by atoms with van der Waals surface area (Å²) in [6.07, 6.45) is 1.87. The smallest absolute Gasteiger partial charge is 0.120 e. The average molecular weight is 296 g/mol. The van der Waals surface area contributed by atoms with Crippen molar-refractivity contribution in [2.75, 3.05) is 53.6 Å². The lowest BCUT2D eigenvalue weighted by atomic mass is 9.96. The van der Waals surface area contributed by atoms with Gasteiger partial charge in [-0.25, -0.2) is 4.98 Å². The Balaban J connectivity index is 1.84. The molecule has 0 bridgehead atoms. The number of imidazole rings is 1. The van der Waals surface area contributed by atoms with Crippen LogP contribution in [-0.2, 0) is 11.3 Å². The summed E-state index contributed by atoms with van der Waals surface area (Å²) in [7, 11) is 3.85. The van der Waals surface area contributed by atoms with Gasteiger partial charge in [0, 0.05) is 51.8 Å². The van der Waals surface area contributed by atoms with Gasteiger partial charge in [-0.2, -0.15) is 0 Å². The molecule has 6 nitrogen and oxygen atoms in total. The van der Waals surface area contributed by atoms with E-state index in [2.05, 4.69) is 26.8 Å². The van der Waals surface area contributed by atoms with Gasteiger partial charge in [0.1, 0.15) is 5.82 Å². The SMILES string of the molecule is COCCN(C)C[C@@H]1CN(Cc2ncc(C)[nH]2)C[C@@H]1CO. The highest BCUT2D eigenvalue weighted by atomic mass is 16.5. The number of ether oxygens (including phenoxy) is 1. The van der Waals surface area contributed by atoms with Gasteiger partial charge < -0.3 is 19.7 Å². The van der Waals surface area contributed by atoms with Crippen molar-refractivity contribution in [3.63, 3.8) is 0 Å². The zero-order valence-electron chi connectivity index (χ0n) is 13.4. The molecular formula is C15H28N4O2. The second kappa shape index (κ2) is 7.89. The molecule has 1 saturated heterocycles. The number of hydrogen-bond acceptors (Lipinski definition) is 5. The molecule has 0 radical (unpaired) electrons. The van der Waals surface area contributed by atoms with Crippen molar-refractivity contribution < 1.29 is 9.84 Å². The molecule has 0 aromatic carbocycles. The molecule has 2 heterocycles. The third-order valence-electron chi connectivity index (χ3n) is 4.24. The number of hydrogen-bond donors (Lipinski definition) is 2. The molecule has 1 aromatic rings. The zero-order chi connectivity index (χ0) is 15.2. The van der Waals surface area contributed by atoms with E-state index in [0.29, 0.717) is 11.8 Å². The van der Waals surface area contributed by atoms with E-state index < -0.39 is 0 Å². The number of likely N-dealkylation sites (tertiary alicyclic amines) is 1. The quantitative estimate of drug-likeness (QED) is 0.724. The van der Waals surface area contributed by atoms with Gasteiger partial charge in [-0.3, -0.25) is 4.90 Å². The molecule has 0 unspecified atom stereocenters. The Morgan fingerprint density at radius 1 is 1.48 bits per heavy atom. The molecule has 6 heteroatoms. The summed E-state index contributed by atoms with van der Waals surface area (Å²) in [5.41, 5.74) is 1.10. The highest BCUT2D eigenvalue weighted by Gasteiger charge is 2.33. The van der Waals surface area contributed by atoms with Crippen LogP contribution in [0.5, 0.6) is 0 Å². The highest BCUT2D eigenvalue weighted by molar-refractivity contribution is 4.99. The van der Waals surface area contributed by atoms with Crippen molar-refractivity contribution in [2.45, 2.75) is 13.5 Å². The van der Waals surface area contributed by atoms with Crippen molar-refractivity contribution >= 4 is 0 Å². The van der Waals surface area contributed by atoms with Crippen LogP contribution in [0.25, 0.3) is 0 Å². The van der Waals surface area contributed by atoms with Crippen molar-refractivity contribution in [1.82, 2.24) is 19.8 Å². The lowest BCUT2D eigenvalue weighted by Crippen LogP contribution is -2.33. The fourth-order valence-corrected chi connectivity index (χ4v) is 3.08. The van der Waals surface area contributed by atoms with Crippen LogP contribution < -0.4 is 0 Å². The number of aliphatic hydroxyl groups is 1. The summed E-state index contributed by atoms with van der Waals surface area (Å²) in [5.74, 6) is 1.87. The Hall–Kier alpha value is -0.950. The van der Waals surface area contributed by atoms with Gasteiger partial charge in [0.2, 0.25) is 0 Å². The lowest BCUT2D eigenvalue weighted by molar-refractivity contribution is 0.136. The first-order chi connectivity index (χ1) is 10.1. The third kappa shape index (κ3) is 4.78. The number of H-pyrrole nitrogens is 1. The molecule has 0 amide bonds. The zero-order valence-corrected chi connectivity index (χ0v) is 13.4. The standard InChI is InChI=1S/C15H28N4O2/c1-12-6-16-15(17-12)10-19-8-13(14(9-19)11-20)7-18(2)4-5-21-3/h6,13-14,20H,4-5,7-11H2,1-3H3,(H,16,17)/t13-,14-/m1/s1. The second-order valence-electron chi connectivity index (χ2n) is 6.16. The van der Waals surface area contributed by atoms with E-state index in [1.807, 2.05) is 13.1 Å². The van der Waals surface area contributed by atoms with Gasteiger partial charge in [0.15, 0.2) is 0 Å². The van der Waals surface area contributed by atoms with Crippen LogP contribution in [0, 0.1) is 18.8 Å². The van der Waals surface area contributed by atoms with Gasteiger partial charge in [-0.15, -0.1) is 0 Å². The fourth-order valence-electron chi connectivity index (χ4n) is 3.08. The molecule has 120 valence electrons. The van der Waals surface area contributed by atoms with E-state index in [-0.39, 0.29) is 6.61 Å². The highest BCUT2D eigenvalue weighted by Crippen LogP contribution is 2.24. The minimum atomic E-state index is 0.260. The molecule has 1 aliphatic heterocycles. The van der Waals surface area contributed by atoms with E-state index >= 15 is 0 Å². The number of aryl methyl sites for hydroxylation is 1. The summed E-state index contributed by atoms with van der Waals surface area (Å²) in [6.45, 7) is 7.76. The average Bonchev–Trinajstić information content (AvgIpc) is 3.03. The molecule has 1 aliphatic rings. The van der Waals surface area contributed by atoms with Gasteiger partial charge in [0.05, 0.1) is 13.2 Å². The number of nitrogens with one attached hydrogen (secondary N) is 1. The maximum atomic E-state index is 9.62.